The molecule has 0 aromatic heterocycles. The summed E-state index contributed by atoms with van der Waals surface area (Å²) in [7, 11) is 0. The Kier molecular flexibility index (Phi) is 3.46. The topological polar surface area (TPSA) is 20.3 Å². The van der Waals surface area contributed by atoms with E-state index in [0.29, 0.717) is 11.8 Å². The molecule has 2 heteroatoms. The van der Waals surface area contributed by atoms with Gasteiger partial charge in [0.2, 0.25) is 0 Å². The molecule has 0 bridgehead atoms. The molecule has 0 amide bonds. The van der Waals surface area contributed by atoms with Gasteiger partial charge in [0.1, 0.15) is 6.29 Å². The van der Waals surface area contributed by atoms with Crippen LogP contribution in [-0.2, 0) is 11.3 Å². The molecule has 0 N–H and O–H groups in total. The largest absolute Gasteiger partial charge is 0.303 e. The van der Waals surface area contributed by atoms with Gasteiger partial charge in [0.05, 0.1) is 0 Å². The van der Waals surface area contributed by atoms with Crippen molar-refractivity contribution in [2.24, 2.45) is 17.8 Å². The lowest BCUT2D eigenvalue weighted by Crippen LogP contribution is -2.28. The third-order valence-corrected chi connectivity index (χ3v) is 4.65. The van der Waals surface area contributed by atoms with Gasteiger partial charge < -0.3 is 4.79 Å². The number of rotatable bonds is 3. The summed E-state index contributed by atoms with van der Waals surface area (Å²) >= 11 is 0. The number of nitrogens with zero attached hydrogens (tertiary/aromatic N) is 1. The Morgan fingerprint density at radius 2 is 2.00 bits per heavy atom. The van der Waals surface area contributed by atoms with Crippen LogP contribution in [0.3, 0.4) is 0 Å². The van der Waals surface area contributed by atoms with Gasteiger partial charge in [0.25, 0.3) is 0 Å². The van der Waals surface area contributed by atoms with Crippen LogP contribution in [0.1, 0.15) is 24.8 Å². The Morgan fingerprint density at radius 1 is 1.17 bits per heavy atom. The monoisotopic (exact) mass is 243 g/mol. The molecule has 0 spiro atoms. The second-order valence-corrected chi connectivity index (χ2v) is 5.83. The predicted octanol–water partition coefficient (Wildman–Crippen LogP) is 2.73. The van der Waals surface area contributed by atoms with E-state index in [9.17, 15) is 4.79 Å². The summed E-state index contributed by atoms with van der Waals surface area (Å²) in [5.74, 6) is 1.71. The van der Waals surface area contributed by atoms with Gasteiger partial charge >= 0.3 is 0 Å². The van der Waals surface area contributed by atoms with Crippen LogP contribution in [-0.4, -0.2) is 24.3 Å². The van der Waals surface area contributed by atoms with E-state index >= 15 is 0 Å². The highest BCUT2D eigenvalue weighted by Gasteiger charge is 2.39. The molecule has 2 fully saturated rings. The number of aldehydes is 1. The highest BCUT2D eigenvalue weighted by atomic mass is 16.1. The van der Waals surface area contributed by atoms with Crippen molar-refractivity contribution in [1.29, 1.82) is 0 Å². The third-order valence-electron chi connectivity index (χ3n) is 4.65. The van der Waals surface area contributed by atoms with E-state index in [-0.39, 0.29) is 0 Å². The van der Waals surface area contributed by atoms with Crippen molar-refractivity contribution in [3.05, 3.63) is 35.9 Å². The van der Waals surface area contributed by atoms with E-state index in [0.717, 1.165) is 25.4 Å². The Bertz CT molecular complexity index is 403. The van der Waals surface area contributed by atoms with Crippen molar-refractivity contribution >= 4 is 6.29 Å². The summed E-state index contributed by atoms with van der Waals surface area (Å²) in [6.45, 7) is 3.34. The minimum absolute atomic E-state index is 0.324. The SMILES string of the molecule is O=CC1CCCC2CN(Cc3ccccc3)CC12. The second-order valence-electron chi connectivity index (χ2n) is 5.83. The minimum atomic E-state index is 0.324. The van der Waals surface area contributed by atoms with Crippen LogP contribution in [0.2, 0.25) is 0 Å². The Hall–Kier alpha value is -1.15. The van der Waals surface area contributed by atoms with Crippen LogP contribution < -0.4 is 0 Å². The van der Waals surface area contributed by atoms with E-state index in [1.54, 1.807) is 0 Å². The standard InChI is InChI=1S/C16H21NO/c18-12-15-8-4-7-14-10-17(11-16(14)15)9-13-5-2-1-3-6-13/h1-3,5-6,12,14-16H,4,7-11H2. The van der Waals surface area contributed by atoms with Crippen molar-refractivity contribution in [3.8, 4) is 0 Å². The first-order valence-electron chi connectivity index (χ1n) is 7.08. The summed E-state index contributed by atoms with van der Waals surface area (Å²) < 4.78 is 0. The maximum Gasteiger partial charge on any atom is 0.123 e. The second kappa shape index (κ2) is 5.23. The first-order valence-corrected chi connectivity index (χ1v) is 7.08. The average molecular weight is 243 g/mol. The molecule has 3 rings (SSSR count). The molecule has 1 aromatic carbocycles. The molecule has 1 aliphatic carbocycles. The van der Waals surface area contributed by atoms with Gasteiger partial charge in [-0.3, -0.25) is 4.90 Å². The fourth-order valence-electron chi connectivity index (χ4n) is 3.75. The quantitative estimate of drug-likeness (QED) is 0.761. The van der Waals surface area contributed by atoms with E-state index < -0.39 is 0 Å². The molecule has 3 unspecified atom stereocenters. The van der Waals surface area contributed by atoms with E-state index in [4.69, 9.17) is 0 Å². The van der Waals surface area contributed by atoms with E-state index in [1.165, 1.54) is 31.2 Å². The van der Waals surface area contributed by atoms with Crippen molar-refractivity contribution in [2.75, 3.05) is 13.1 Å². The first-order chi connectivity index (χ1) is 8.86. The summed E-state index contributed by atoms with van der Waals surface area (Å²) in [5.41, 5.74) is 1.39. The molecular weight excluding hydrogens is 222 g/mol. The fraction of sp³-hybridized carbons (Fsp3) is 0.562. The van der Waals surface area contributed by atoms with Gasteiger partial charge in [0.15, 0.2) is 0 Å². The number of carbonyl (C=O) groups is 1. The Morgan fingerprint density at radius 3 is 2.78 bits per heavy atom. The molecule has 2 nitrogen and oxygen atoms in total. The summed E-state index contributed by atoms with van der Waals surface area (Å²) in [6, 6.07) is 10.7. The molecular formula is C16H21NO. The van der Waals surface area contributed by atoms with Crippen LogP contribution in [0, 0.1) is 17.8 Å². The smallest absolute Gasteiger partial charge is 0.123 e. The van der Waals surface area contributed by atoms with Crippen molar-refractivity contribution in [1.82, 2.24) is 4.90 Å². The zero-order valence-electron chi connectivity index (χ0n) is 10.8. The van der Waals surface area contributed by atoms with Gasteiger partial charge in [-0.25, -0.2) is 0 Å². The van der Waals surface area contributed by atoms with Gasteiger partial charge in [-0.05, 0) is 30.2 Å². The van der Waals surface area contributed by atoms with E-state index in [1.807, 2.05) is 0 Å². The molecule has 1 aromatic rings. The fourth-order valence-corrected chi connectivity index (χ4v) is 3.75. The van der Waals surface area contributed by atoms with Gasteiger partial charge in [-0.1, -0.05) is 36.8 Å². The first kappa shape index (κ1) is 11.9. The zero-order chi connectivity index (χ0) is 12.4. The van der Waals surface area contributed by atoms with Crippen LogP contribution in [0.5, 0.6) is 0 Å². The summed E-state index contributed by atoms with van der Waals surface area (Å²) in [4.78, 5) is 13.7. The highest BCUT2D eigenvalue weighted by molar-refractivity contribution is 5.54. The summed E-state index contributed by atoms with van der Waals surface area (Å²) in [5, 5.41) is 0. The molecule has 1 saturated carbocycles. The number of likely N-dealkylation sites (tertiary alicyclic amines) is 1. The van der Waals surface area contributed by atoms with Gasteiger partial charge in [0, 0.05) is 25.6 Å². The molecule has 18 heavy (non-hydrogen) atoms. The van der Waals surface area contributed by atoms with Crippen molar-refractivity contribution in [2.45, 2.75) is 25.8 Å². The molecule has 2 aliphatic rings. The van der Waals surface area contributed by atoms with Crippen LogP contribution in [0.15, 0.2) is 30.3 Å². The van der Waals surface area contributed by atoms with Crippen molar-refractivity contribution < 1.29 is 4.79 Å². The number of fused-ring (bicyclic) bond motifs is 1. The number of hydrogen-bond acceptors (Lipinski definition) is 2. The maximum absolute atomic E-state index is 11.1. The zero-order valence-corrected chi connectivity index (χ0v) is 10.8. The van der Waals surface area contributed by atoms with Gasteiger partial charge in [-0.2, -0.15) is 0 Å². The predicted molar refractivity (Wildman–Crippen MR) is 72.1 cm³/mol. The molecule has 1 aliphatic heterocycles. The van der Waals surface area contributed by atoms with Crippen molar-refractivity contribution in [3.63, 3.8) is 0 Å². The molecule has 0 radical (unpaired) electrons. The Labute approximate surface area is 109 Å². The Balaban J connectivity index is 1.65. The van der Waals surface area contributed by atoms with Crippen LogP contribution in [0.25, 0.3) is 0 Å². The molecule has 96 valence electrons. The minimum Gasteiger partial charge on any atom is -0.303 e. The number of hydrogen-bond donors (Lipinski definition) is 0. The third kappa shape index (κ3) is 2.35. The van der Waals surface area contributed by atoms with E-state index in [2.05, 4.69) is 35.2 Å². The van der Waals surface area contributed by atoms with Crippen LogP contribution in [0.4, 0.5) is 0 Å². The normalized spacial score (nSPS) is 32.1. The lowest BCUT2D eigenvalue weighted by atomic mass is 9.75. The maximum atomic E-state index is 11.1. The lowest BCUT2D eigenvalue weighted by molar-refractivity contribution is -0.113. The highest BCUT2D eigenvalue weighted by Crippen LogP contribution is 2.39. The average Bonchev–Trinajstić information content (AvgIpc) is 2.82. The molecule has 1 saturated heterocycles. The number of carbonyl (C=O) groups excluding carboxylic acids is 1. The molecule has 3 atom stereocenters. The van der Waals surface area contributed by atoms with Gasteiger partial charge in [-0.15, -0.1) is 0 Å². The summed E-state index contributed by atoms with van der Waals surface area (Å²) in [6.07, 6.45) is 4.89. The lowest BCUT2D eigenvalue weighted by Gasteiger charge is -2.29. The molecule has 1 heterocycles. The number of benzene rings is 1. The van der Waals surface area contributed by atoms with Crippen LogP contribution >= 0.6 is 0 Å².